The minimum atomic E-state index is -4.42. The van der Waals surface area contributed by atoms with Crippen molar-refractivity contribution in [1.29, 1.82) is 0 Å². The zero-order valence-electron chi connectivity index (χ0n) is 14.7. The van der Waals surface area contributed by atoms with Crippen LogP contribution < -0.4 is 0 Å². The molecule has 140 valence electrons. The molecule has 0 spiro atoms. The molecule has 0 saturated carbocycles. The molecule has 0 aliphatic heterocycles. The summed E-state index contributed by atoms with van der Waals surface area (Å²) in [5.41, 5.74) is 1.15. The molecule has 27 heavy (non-hydrogen) atoms. The average Bonchev–Trinajstić information content (AvgIpc) is 3.20. The van der Waals surface area contributed by atoms with E-state index in [9.17, 15) is 18.0 Å². The normalized spacial score (nSPS) is 12.6. The van der Waals surface area contributed by atoms with Crippen molar-refractivity contribution in [2.45, 2.75) is 19.1 Å². The van der Waals surface area contributed by atoms with Gasteiger partial charge in [-0.3, -0.25) is 4.79 Å². The van der Waals surface area contributed by atoms with Crippen LogP contribution in [0, 0.1) is 0 Å². The van der Waals surface area contributed by atoms with Crippen molar-refractivity contribution in [3.63, 3.8) is 0 Å². The number of aromatic nitrogens is 3. The molecule has 0 radical (unpaired) electrons. The van der Waals surface area contributed by atoms with E-state index in [0.29, 0.717) is 0 Å². The Labute approximate surface area is 154 Å². The summed E-state index contributed by atoms with van der Waals surface area (Å²) in [6.07, 6.45) is -1.40. The Morgan fingerprint density at radius 1 is 1.07 bits per heavy atom. The Hall–Kier alpha value is -3.16. The first-order chi connectivity index (χ1) is 12.8. The number of alkyl halides is 3. The summed E-state index contributed by atoms with van der Waals surface area (Å²) in [6, 6.07) is 11.4. The smallest absolute Gasteiger partial charge is 0.335 e. The van der Waals surface area contributed by atoms with Gasteiger partial charge in [-0.1, -0.05) is 12.1 Å². The first kappa shape index (κ1) is 18.6. The summed E-state index contributed by atoms with van der Waals surface area (Å²) in [5, 5.41) is 4.05. The molecule has 5 nitrogen and oxygen atoms in total. The Bertz CT molecular complexity index is 904. The molecular formula is C19H17F3N4O. The van der Waals surface area contributed by atoms with Crippen molar-refractivity contribution >= 4 is 5.91 Å². The molecule has 3 rings (SSSR count). The van der Waals surface area contributed by atoms with Gasteiger partial charge >= 0.3 is 6.18 Å². The lowest BCUT2D eigenvalue weighted by molar-refractivity contribution is -0.137. The Morgan fingerprint density at radius 3 is 2.22 bits per heavy atom. The predicted octanol–water partition coefficient (Wildman–Crippen LogP) is 4.12. The van der Waals surface area contributed by atoms with E-state index >= 15 is 0 Å². The van der Waals surface area contributed by atoms with E-state index in [2.05, 4.69) is 10.1 Å². The number of amides is 1. The monoisotopic (exact) mass is 374 g/mol. The average molecular weight is 374 g/mol. The lowest BCUT2D eigenvalue weighted by Crippen LogP contribution is -2.29. The van der Waals surface area contributed by atoms with Crippen LogP contribution in [0.2, 0.25) is 0 Å². The third-order valence-electron chi connectivity index (χ3n) is 4.42. The minimum absolute atomic E-state index is 0.205. The van der Waals surface area contributed by atoms with Gasteiger partial charge in [0.1, 0.15) is 12.7 Å². The van der Waals surface area contributed by atoms with Gasteiger partial charge in [-0.15, -0.1) is 0 Å². The summed E-state index contributed by atoms with van der Waals surface area (Å²) in [7, 11) is 1.62. The van der Waals surface area contributed by atoms with E-state index in [-0.39, 0.29) is 17.5 Å². The van der Waals surface area contributed by atoms with Gasteiger partial charge in [0.25, 0.3) is 5.91 Å². The fourth-order valence-electron chi connectivity index (χ4n) is 2.65. The number of rotatable bonds is 4. The van der Waals surface area contributed by atoms with E-state index in [1.807, 2.05) is 31.2 Å². The minimum Gasteiger partial charge on any atom is -0.335 e. The number of hydrogen-bond donors (Lipinski definition) is 0. The molecule has 1 amide bonds. The van der Waals surface area contributed by atoms with Crippen molar-refractivity contribution in [3.05, 3.63) is 77.9 Å². The molecule has 3 aromatic rings. The highest BCUT2D eigenvalue weighted by atomic mass is 19.4. The standard InChI is InChI=1S/C19H17F3N4O/c1-13(14-5-9-17(10-6-14)26-12-23-11-24-26)25(2)18(27)15-3-7-16(8-4-15)19(20,21)22/h3-13H,1-2H3. The molecule has 8 heteroatoms. The number of benzene rings is 2. The summed E-state index contributed by atoms with van der Waals surface area (Å²) in [4.78, 5) is 18.0. The number of nitrogens with zero attached hydrogens (tertiary/aromatic N) is 4. The summed E-state index contributed by atoms with van der Waals surface area (Å²) in [5.74, 6) is -0.350. The second-order valence-electron chi connectivity index (χ2n) is 6.10. The fraction of sp³-hybridized carbons (Fsp3) is 0.211. The molecule has 1 aromatic heterocycles. The largest absolute Gasteiger partial charge is 0.416 e. The van der Waals surface area contributed by atoms with Crippen molar-refractivity contribution in [3.8, 4) is 5.69 Å². The van der Waals surface area contributed by atoms with E-state index < -0.39 is 11.7 Å². The highest BCUT2D eigenvalue weighted by Crippen LogP contribution is 2.29. The second-order valence-corrected chi connectivity index (χ2v) is 6.10. The highest BCUT2D eigenvalue weighted by Gasteiger charge is 2.30. The number of halogens is 3. The van der Waals surface area contributed by atoms with Crippen LogP contribution in [0.1, 0.15) is 34.5 Å². The molecule has 0 saturated heterocycles. The molecule has 2 aromatic carbocycles. The number of carbonyl (C=O) groups is 1. The van der Waals surface area contributed by atoms with Gasteiger partial charge in [-0.05, 0) is 48.9 Å². The summed E-state index contributed by atoms with van der Waals surface area (Å²) in [6.45, 7) is 1.85. The molecule has 0 fully saturated rings. The maximum absolute atomic E-state index is 12.7. The lowest BCUT2D eigenvalue weighted by atomic mass is 10.0. The van der Waals surface area contributed by atoms with E-state index in [1.165, 1.54) is 23.4 Å². The van der Waals surface area contributed by atoms with Crippen LogP contribution in [-0.4, -0.2) is 32.6 Å². The van der Waals surface area contributed by atoms with Gasteiger partial charge in [0, 0.05) is 12.6 Å². The van der Waals surface area contributed by atoms with Crippen LogP contribution in [0.5, 0.6) is 0 Å². The van der Waals surface area contributed by atoms with E-state index in [0.717, 1.165) is 23.4 Å². The molecule has 1 atom stereocenters. The molecular weight excluding hydrogens is 357 g/mol. The Kier molecular flexibility index (Phi) is 4.98. The maximum atomic E-state index is 12.7. The van der Waals surface area contributed by atoms with Crippen molar-refractivity contribution in [1.82, 2.24) is 19.7 Å². The third kappa shape index (κ3) is 3.99. The topological polar surface area (TPSA) is 51.0 Å². The summed E-state index contributed by atoms with van der Waals surface area (Å²) < 4.78 is 39.6. The molecule has 1 unspecified atom stereocenters. The first-order valence-electron chi connectivity index (χ1n) is 8.17. The third-order valence-corrected chi connectivity index (χ3v) is 4.42. The van der Waals surface area contributed by atoms with Gasteiger partial charge in [-0.25, -0.2) is 9.67 Å². The summed E-state index contributed by atoms with van der Waals surface area (Å²) >= 11 is 0. The number of carbonyl (C=O) groups excluding carboxylic acids is 1. The van der Waals surface area contributed by atoms with Crippen LogP contribution >= 0.6 is 0 Å². The van der Waals surface area contributed by atoms with Crippen molar-refractivity contribution in [2.75, 3.05) is 7.05 Å². The second kappa shape index (κ2) is 7.22. The SMILES string of the molecule is CC(c1ccc(-n2cncn2)cc1)N(C)C(=O)c1ccc(C(F)(F)F)cc1. The van der Waals surface area contributed by atoms with Gasteiger partial charge in [0.2, 0.25) is 0 Å². The molecule has 0 aliphatic carbocycles. The van der Waals surface area contributed by atoms with E-state index in [1.54, 1.807) is 18.1 Å². The van der Waals surface area contributed by atoms with Crippen LogP contribution in [0.15, 0.2) is 61.2 Å². The lowest BCUT2D eigenvalue weighted by Gasteiger charge is -2.25. The van der Waals surface area contributed by atoms with Gasteiger partial charge in [0.15, 0.2) is 0 Å². The maximum Gasteiger partial charge on any atom is 0.416 e. The Balaban J connectivity index is 1.74. The zero-order chi connectivity index (χ0) is 19.6. The van der Waals surface area contributed by atoms with Gasteiger partial charge < -0.3 is 4.90 Å². The fourth-order valence-corrected chi connectivity index (χ4v) is 2.65. The van der Waals surface area contributed by atoms with Crippen LogP contribution in [0.3, 0.4) is 0 Å². The molecule has 0 N–H and O–H groups in total. The zero-order valence-corrected chi connectivity index (χ0v) is 14.7. The van der Waals surface area contributed by atoms with Crippen LogP contribution in [0.4, 0.5) is 13.2 Å². The van der Waals surface area contributed by atoms with Gasteiger partial charge in [-0.2, -0.15) is 18.3 Å². The molecule has 0 aliphatic rings. The Morgan fingerprint density at radius 2 is 1.70 bits per heavy atom. The molecule has 1 heterocycles. The van der Waals surface area contributed by atoms with Crippen molar-refractivity contribution < 1.29 is 18.0 Å². The number of hydrogen-bond acceptors (Lipinski definition) is 3. The predicted molar refractivity (Wildman–Crippen MR) is 93.3 cm³/mol. The van der Waals surface area contributed by atoms with Crippen LogP contribution in [0.25, 0.3) is 5.69 Å². The van der Waals surface area contributed by atoms with Crippen molar-refractivity contribution in [2.24, 2.45) is 0 Å². The quantitative estimate of drug-likeness (QED) is 0.690. The highest BCUT2D eigenvalue weighted by molar-refractivity contribution is 5.94. The van der Waals surface area contributed by atoms with Gasteiger partial charge in [0.05, 0.1) is 17.3 Å². The molecule has 0 bridgehead atoms. The van der Waals surface area contributed by atoms with Crippen LogP contribution in [-0.2, 0) is 6.18 Å². The first-order valence-corrected chi connectivity index (χ1v) is 8.17. The van der Waals surface area contributed by atoms with E-state index in [4.69, 9.17) is 0 Å².